The van der Waals surface area contributed by atoms with Crippen molar-refractivity contribution < 1.29 is 4.79 Å². The van der Waals surface area contributed by atoms with Crippen LogP contribution in [0.1, 0.15) is 36.2 Å². The number of hydrogen-bond donors (Lipinski definition) is 1. The fraction of sp³-hybridized carbons (Fsp3) is 0.190. The molecule has 3 rings (SSSR count). The van der Waals surface area contributed by atoms with Crippen LogP contribution < -0.4 is 5.32 Å². The Bertz CT molecular complexity index is 748. The van der Waals surface area contributed by atoms with Crippen LogP contribution in [0.5, 0.6) is 0 Å². The van der Waals surface area contributed by atoms with E-state index in [-0.39, 0.29) is 0 Å². The maximum Gasteiger partial charge on any atom is 0.150 e. The first-order chi connectivity index (χ1) is 11.3. The summed E-state index contributed by atoms with van der Waals surface area (Å²) in [5.74, 6) is 2.72. The molecule has 2 heteroatoms. The first kappa shape index (κ1) is 16.6. The Morgan fingerprint density at radius 2 is 1.74 bits per heavy atom. The predicted molar refractivity (Wildman–Crippen MR) is 97.0 cm³/mol. The van der Waals surface area contributed by atoms with Crippen LogP contribution in [0.15, 0.2) is 54.2 Å². The van der Waals surface area contributed by atoms with Crippen LogP contribution in [-0.4, -0.2) is 12.8 Å². The third-order valence-corrected chi connectivity index (χ3v) is 3.71. The lowest BCUT2D eigenvalue weighted by molar-refractivity contribution is 0.112. The van der Waals surface area contributed by atoms with Crippen LogP contribution in [0.3, 0.4) is 0 Å². The lowest BCUT2D eigenvalue weighted by Gasteiger charge is -2.07. The van der Waals surface area contributed by atoms with Gasteiger partial charge in [-0.2, -0.15) is 0 Å². The molecular weight excluding hydrogens is 282 g/mol. The van der Waals surface area contributed by atoms with Crippen LogP contribution in [0.2, 0.25) is 0 Å². The summed E-state index contributed by atoms with van der Waals surface area (Å²) in [5.41, 5.74) is 6.15. The van der Waals surface area contributed by atoms with Crippen molar-refractivity contribution in [1.29, 1.82) is 0 Å². The molecule has 0 atom stereocenters. The lowest BCUT2D eigenvalue weighted by Crippen LogP contribution is -2.04. The van der Waals surface area contributed by atoms with Crippen LogP contribution in [0, 0.1) is 12.3 Å². The van der Waals surface area contributed by atoms with Gasteiger partial charge < -0.3 is 5.32 Å². The van der Waals surface area contributed by atoms with Crippen molar-refractivity contribution in [2.24, 2.45) is 0 Å². The summed E-state index contributed by atoms with van der Waals surface area (Å²) < 4.78 is 0. The number of rotatable bonds is 3. The highest BCUT2D eigenvalue weighted by Crippen LogP contribution is 2.29. The average molecular weight is 303 g/mol. The van der Waals surface area contributed by atoms with Gasteiger partial charge in [-0.05, 0) is 34.8 Å². The second-order valence-corrected chi connectivity index (χ2v) is 5.00. The van der Waals surface area contributed by atoms with Crippen molar-refractivity contribution in [2.75, 3.05) is 6.54 Å². The summed E-state index contributed by atoms with van der Waals surface area (Å²) >= 11 is 0. The number of benzene rings is 2. The Morgan fingerprint density at radius 1 is 1.04 bits per heavy atom. The van der Waals surface area contributed by atoms with Gasteiger partial charge in [0.15, 0.2) is 0 Å². The van der Waals surface area contributed by atoms with Gasteiger partial charge >= 0.3 is 0 Å². The number of carbonyl (C=O) groups excluding carboxylic acids is 1. The van der Waals surface area contributed by atoms with Gasteiger partial charge in [-0.15, -0.1) is 6.42 Å². The summed E-state index contributed by atoms with van der Waals surface area (Å²) in [6.45, 7) is 4.90. The molecule has 0 bridgehead atoms. The summed E-state index contributed by atoms with van der Waals surface area (Å²) in [4.78, 5) is 10.7. The SMILES string of the molecule is C#CC1=C(c2cccc(-c3ccc(C=O)cc3)c2)CCN1.CC. The monoisotopic (exact) mass is 303 g/mol. The zero-order valence-electron chi connectivity index (χ0n) is 13.6. The van der Waals surface area contributed by atoms with Crippen LogP contribution in [0.25, 0.3) is 16.7 Å². The zero-order valence-corrected chi connectivity index (χ0v) is 13.6. The summed E-state index contributed by atoms with van der Waals surface area (Å²) in [6.07, 6.45) is 7.35. The van der Waals surface area contributed by atoms with Crippen LogP contribution in [-0.2, 0) is 0 Å². The Balaban J connectivity index is 0.000000924. The minimum atomic E-state index is 0.687. The molecule has 1 aliphatic heterocycles. The number of allylic oxidation sites excluding steroid dienone is 1. The summed E-state index contributed by atoms with van der Waals surface area (Å²) in [7, 11) is 0. The molecule has 2 aromatic carbocycles. The highest BCUT2D eigenvalue weighted by molar-refractivity contribution is 5.79. The van der Waals surface area contributed by atoms with Gasteiger partial charge in [0.2, 0.25) is 0 Å². The van der Waals surface area contributed by atoms with Crippen molar-refractivity contribution in [3.8, 4) is 23.5 Å². The van der Waals surface area contributed by atoms with E-state index in [1.807, 2.05) is 44.2 Å². The fourth-order valence-electron chi connectivity index (χ4n) is 2.61. The maximum atomic E-state index is 10.7. The fourth-order valence-corrected chi connectivity index (χ4v) is 2.61. The Labute approximate surface area is 138 Å². The van der Waals surface area contributed by atoms with E-state index in [0.29, 0.717) is 5.56 Å². The van der Waals surface area contributed by atoms with Crippen molar-refractivity contribution in [3.05, 3.63) is 65.4 Å². The third kappa shape index (κ3) is 3.70. The van der Waals surface area contributed by atoms with Gasteiger partial charge in [0.25, 0.3) is 0 Å². The molecule has 2 nitrogen and oxygen atoms in total. The number of hydrogen-bond acceptors (Lipinski definition) is 2. The second kappa shape index (κ2) is 8.00. The van der Waals surface area contributed by atoms with E-state index < -0.39 is 0 Å². The van der Waals surface area contributed by atoms with Gasteiger partial charge in [0.1, 0.15) is 6.29 Å². The second-order valence-electron chi connectivity index (χ2n) is 5.00. The van der Waals surface area contributed by atoms with Gasteiger partial charge in [-0.25, -0.2) is 0 Å². The predicted octanol–water partition coefficient (Wildman–Crippen LogP) is 4.53. The Hall–Kier alpha value is -2.79. The Kier molecular flexibility index (Phi) is 5.77. The van der Waals surface area contributed by atoms with Crippen molar-refractivity contribution >= 4 is 11.9 Å². The lowest BCUT2D eigenvalue weighted by atomic mass is 9.97. The molecule has 0 fully saturated rings. The molecule has 2 aromatic rings. The van der Waals surface area contributed by atoms with Crippen LogP contribution >= 0.6 is 0 Å². The first-order valence-electron chi connectivity index (χ1n) is 7.91. The smallest absolute Gasteiger partial charge is 0.150 e. The van der Waals surface area contributed by atoms with Gasteiger partial charge in [0.05, 0.1) is 5.70 Å². The van der Waals surface area contributed by atoms with E-state index in [0.717, 1.165) is 41.6 Å². The minimum absolute atomic E-state index is 0.687. The van der Waals surface area contributed by atoms with E-state index in [4.69, 9.17) is 6.42 Å². The number of carbonyl (C=O) groups is 1. The molecule has 1 aliphatic rings. The molecule has 116 valence electrons. The van der Waals surface area contributed by atoms with Gasteiger partial charge in [-0.3, -0.25) is 4.79 Å². The first-order valence-corrected chi connectivity index (χ1v) is 7.91. The molecule has 0 amide bonds. The molecule has 23 heavy (non-hydrogen) atoms. The van der Waals surface area contributed by atoms with E-state index >= 15 is 0 Å². The number of nitrogens with one attached hydrogen (secondary N) is 1. The highest BCUT2D eigenvalue weighted by Gasteiger charge is 2.14. The van der Waals surface area contributed by atoms with E-state index in [1.54, 1.807) is 0 Å². The minimum Gasteiger partial charge on any atom is -0.378 e. The molecule has 0 radical (unpaired) electrons. The largest absolute Gasteiger partial charge is 0.378 e. The molecule has 0 unspecified atom stereocenters. The van der Waals surface area contributed by atoms with Crippen LogP contribution in [0.4, 0.5) is 0 Å². The van der Waals surface area contributed by atoms with E-state index in [1.165, 1.54) is 5.57 Å². The third-order valence-electron chi connectivity index (χ3n) is 3.71. The van der Waals surface area contributed by atoms with E-state index in [2.05, 4.69) is 29.4 Å². The van der Waals surface area contributed by atoms with Crippen molar-refractivity contribution in [2.45, 2.75) is 20.3 Å². The molecule has 1 N–H and O–H groups in total. The number of aldehydes is 1. The molecule has 0 aromatic heterocycles. The summed E-state index contributed by atoms with van der Waals surface area (Å²) in [6, 6.07) is 15.9. The molecule has 0 saturated carbocycles. The van der Waals surface area contributed by atoms with E-state index in [9.17, 15) is 4.79 Å². The molecule has 0 aliphatic carbocycles. The van der Waals surface area contributed by atoms with Gasteiger partial charge in [-0.1, -0.05) is 62.2 Å². The normalized spacial score (nSPS) is 12.7. The maximum absolute atomic E-state index is 10.7. The quantitative estimate of drug-likeness (QED) is 0.666. The van der Waals surface area contributed by atoms with Gasteiger partial charge in [0, 0.05) is 12.1 Å². The highest BCUT2D eigenvalue weighted by atomic mass is 16.1. The molecule has 0 saturated heterocycles. The number of terminal acetylenes is 1. The summed E-state index contributed by atoms with van der Waals surface area (Å²) in [5, 5.41) is 3.23. The molecule has 1 heterocycles. The van der Waals surface area contributed by atoms with Crippen molar-refractivity contribution in [1.82, 2.24) is 5.32 Å². The molecular formula is C21H21NO. The standard InChI is InChI=1S/C19H15NO.C2H6/c1-2-19-18(10-11-20-19)17-5-3-4-16(12-17)15-8-6-14(13-21)7-9-15;1-2/h1,3-9,12-13,20H,10-11H2;1-2H3. The zero-order chi connectivity index (χ0) is 16.7. The average Bonchev–Trinajstić information content (AvgIpc) is 3.12. The topological polar surface area (TPSA) is 29.1 Å². The Morgan fingerprint density at radius 3 is 2.39 bits per heavy atom. The van der Waals surface area contributed by atoms with Crippen molar-refractivity contribution in [3.63, 3.8) is 0 Å². The molecule has 0 spiro atoms.